The zero-order valence-corrected chi connectivity index (χ0v) is 14.8. The highest BCUT2D eigenvalue weighted by atomic mass is 16.5. The van der Waals surface area contributed by atoms with Crippen LogP contribution in [0.4, 0.5) is 0 Å². The van der Waals surface area contributed by atoms with Gasteiger partial charge in [-0.3, -0.25) is 0 Å². The minimum Gasteiger partial charge on any atom is -0.507 e. The van der Waals surface area contributed by atoms with Crippen LogP contribution in [0.15, 0.2) is 54.7 Å². The van der Waals surface area contributed by atoms with Crippen molar-refractivity contribution in [3.8, 4) is 11.4 Å². The van der Waals surface area contributed by atoms with Crippen molar-refractivity contribution in [3.63, 3.8) is 0 Å². The maximum Gasteiger partial charge on any atom is 0.184 e. The van der Waals surface area contributed by atoms with Crippen LogP contribution in [0.2, 0.25) is 0 Å². The molecule has 26 heavy (non-hydrogen) atoms. The van der Waals surface area contributed by atoms with Crippen LogP contribution in [-0.2, 0) is 4.74 Å². The van der Waals surface area contributed by atoms with E-state index in [0.717, 1.165) is 25.1 Å². The third-order valence-corrected chi connectivity index (χ3v) is 4.37. The van der Waals surface area contributed by atoms with Crippen molar-refractivity contribution in [1.29, 1.82) is 0 Å². The highest BCUT2D eigenvalue weighted by Gasteiger charge is 2.19. The highest BCUT2D eigenvalue weighted by molar-refractivity contribution is 5.70. The molecule has 0 saturated carbocycles. The Morgan fingerprint density at radius 2 is 2.23 bits per heavy atom. The molecule has 2 heterocycles. The maximum atomic E-state index is 10.3. The summed E-state index contributed by atoms with van der Waals surface area (Å²) >= 11 is 0. The van der Waals surface area contributed by atoms with E-state index in [9.17, 15) is 5.11 Å². The van der Waals surface area contributed by atoms with Gasteiger partial charge < -0.3 is 26.6 Å². The van der Waals surface area contributed by atoms with Gasteiger partial charge in [0.2, 0.25) is 0 Å². The number of nitrogens with one attached hydrogen (secondary N) is 1. The van der Waals surface area contributed by atoms with Gasteiger partial charge in [-0.15, -0.1) is 0 Å². The van der Waals surface area contributed by atoms with E-state index in [0.29, 0.717) is 23.2 Å². The van der Waals surface area contributed by atoms with Gasteiger partial charge in [-0.2, -0.15) is 5.10 Å². The molecule has 1 aromatic heterocycles. The Morgan fingerprint density at radius 3 is 2.92 bits per heavy atom. The van der Waals surface area contributed by atoms with Crippen molar-refractivity contribution < 1.29 is 9.84 Å². The Labute approximate surface area is 152 Å². The topological polar surface area (TPSA) is 111 Å². The summed E-state index contributed by atoms with van der Waals surface area (Å²) in [6, 6.07) is 7.44. The molecule has 1 aromatic carbocycles. The molecule has 138 valence electrons. The van der Waals surface area contributed by atoms with Gasteiger partial charge in [0, 0.05) is 35.8 Å². The number of hydrogen-bond acceptors (Lipinski definition) is 6. The van der Waals surface area contributed by atoms with E-state index in [-0.39, 0.29) is 11.9 Å². The first kappa shape index (κ1) is 17.9. The molecule has 0 radical (unpaired) electrons. The van der Waals surface area contributed by atoms with Gasteiger partial charge in [0.25, 0.3) is 0 Å². The normalized spacial score (nSPS) is 21.6. The summed E-state index contributed by atoms with van der Waals surface area (Å²) in [5, 5.41) is 17.8. The summed E-state index contributed by atoms with van der Waals surface area (Å²) in [6.07, 6.45) is 8.70. The van der Waals surface area contributed by atoms with Crippen LogP contribution in [0, 0.1) is 0 Å². The molecule has 2 unspecified atom stereocenters. The van der Waals surface area contributed by atoms with Crippen molar-refractivity contribution >= 4 is 5.70 Å². The fourth-order valence-corrected chi connectivity index (χ4v) is 3.01. The first-order chi connectivity index (χ1) is 12.5. The number of allylic oxidation sites excluding steroid dienone is 2. The van der Waals surface area contributed by atoms with E-state index in [2.05, 4.69) is 17.3 Å². The average Bonchev–Trinajstić information content (AvgIpc) is 3.14. The lowest BCUT2D eigenvalue weighted by Crippen LogP contribution is -2.39. The molecule has 2 atom stereocenters. The number of ether oxygens (including phenoxy) is 1. The Morgan fingerprint density at radius 1 is 1.38 bits per heavy atom. The van der Waals surface area contributed by atoms with E-state index < -0.39 is 0 Å². The lowest BCUT2D eigenvalue weighted by molar-refractivity contribution is 0.0742. The van der Waals surface area contributed by atoms with E-state index in [1.165, 1.54) is 0 Å². The molecule has 3 rings (SSSR count). The van der Waals surface area contributed by atoms with Crippen molar-refractivity contribution in [2.75, 3.05) is 6.54 Å². The molecular weight excluding hydrogens is 330 g/mol. The van der Waals surface area contributed by atoms with Crippen LogP contribution >= 0.6 is 0 Å². The van der Waals surface area contributed by atoms with Gasteiger partial charge in [0.1, 0.15) is 11.9 Å². The SMILES string of the molecule is CC1CC(O/C(N)=C/C=C(\N)c2ccc(-n3cccn3)cc2O)CCN1. The smallest absolute Gasteiger partial charge is 0.184 e. The van der Waals surface area contributed by atoms with Crippen LogP contribution in [0.25, 0.3) is 11.4 Å². The number of piperidine rings is 1. The van der Waals surface area contributed by atoms with Gasteiger partial charge in [0.05, 0.1) is 5.69 Å². The molecule has 6 N–H and O–H groups in total. The molecule has 0 bridgehead atoms. The second-order valence-electron chi connectivity index (χ2n) is 6.46. The fourth-order valence-electron chi connectivity index (χ4n) is 3.01. The Balaban J connectivity index is 1.68. The fraction of sp³-hybridized carbons (Fsp3) is 0.316. The van der Waals surface area contributed by atoms with Gasteiger partial charge in [0.15, 0.2) is 5.88 Å². The van der Waals surface area contributed by atoms with Gasteiger partial charge >= 0.3 is 0 Å². The summed E-state index contributed by atoms with van der Waals surface area (Å²) in [5.74, 6) is 0.395. The van der Waals surface area contributed by atoms with Gasteiger partial charge in [-0.05, 0) is 56.7 Å². The Hall–Kier alpha value is -2.93. The van der Waals surface area contributed by atoms with Crippen molar-refractivity contribution in [1.82, 2.24) is 15.1 Å². The molecule has 1 aliphatic rings. The summed E-state index contributed by atoms with van der Waals surface area (Å²) in [7, 11) is 0. The molecule has 0 spiro atoms. The zero-order chi connectivity index (χ0) is 18.5. The van der Waals surface area contributed by atoms with Crippen molar-refractivity contribution in [2.24, 2.45) is 11.5 Å². The summed E-state index contributed by atoms with van der Waals surface area (Å²) < 4.78 is 7.43. The number of rotatable bonds is 5. The lowest BCUT2D eigenvalue weighted by atomic mass is 10.0. The highest BCUT2D eigenvalue weighted by Crippen LogP contribution is 2.25. The summed E-state index contributed by atoms with van der Waals surface area (Å²) in [6.45, 7) is 3.05. The number of aromatic nitrogens is 2. The number of phenolic OH excluding ortho intramolecular Hbond substituents is 1. The van der Waals surface area contributed by atoms with Crippen molar-refractivity contribution in [3.05, 3.63) is 60.3 Å². The molecule has 1 fully saturated rings. The molecule has 7 nitrogen and oxygen atoms in total. The lowest BCUT2D eigenvalue weighted by Gasteiger charge is -2.28. The number of hydrogen-bond donors (Lipinski definition) is 4. The predicted octanol–water partition coefficient (Wildman–Crippen LogP) is 1.83. The Kier molecular flexibility index (Phi) is 5.48. The van der Waals surface area contributed by atoms with E-state index in [1.807, 2.05) is 12.1 Å². The van der Waals surface area contributed by atoms with Gasteiger partial charge in [-0.25, -0.2) is 4.68 Å². The van der Waals surface area contributed by atoms with E-state index in [4.69, 9.17) is 16.2 Å². The predicted molar refractivity (Wildman–Crippen MR) is 101 cm³/mol. The minimum absolute atomic E-state index is 0.0758. The molecule has 0 amide bonds. The average molecular weight is 355 g/mol. The first-order valence-electron chi connectivity index (χ1n) is 8.69. The van der Waals surface area contributed by atoms with Crippen LogP contribution in [-0.4, -0.2) is 33.6 Å². The maximum absolute atomic E-state index is 10.3. The van der Waals surface area contributed by atoms with Crippen LogP contribution in [0.5, 0.6) is 5.75 Å². The third kappa shape index (κ3) is 4.37. The first-order valence-corrected chi connectivity index (χ1v) is 8.69. The number of aromatic hydroxyl groups is 1. The van der Waals surface area contributed by atoms with E-state index in [1.54, 1.807) is 41.4 Å². The number of phenols is 1. The largest absolute Gasteiger partial charge is 0.507 e. The zero-order valence-electron chi connectivity index (χ0n) is 14.8. The van der Waals surface area contributed by atoms with Crippen LogP contribution in [0.1, 0.15) is 25.3 Å². The number of benzene rings is 1. The second-order valence-corrected chi connectivity index (χ2v) is 6.46. The van der Waals surface area contributed by atoms with Gasteiger partial charge in [-0.1, -0.05) is 0 Å². The van der Waals surface area contributed by atoms with Crippen molar-refractivity contribution in [2.45, 2.75) is 31.9 Å². The van der Waals surface area contributed by atoms with Crippen LogP contribution in [0.3, 0.4) is 0 Å². The number of nitrogens with zero attached hydrogens (tertiary/aromatic N) is 2. The standard InChI is InChI=1S/C19H25N5O2/c1-13-11-15(7-9-22-13)26-19(21)6-5-17(20)16-4-3-14(12-18(16)25)24-10-2-8-23-24/h2-6,8,10,12-13,15,22,25H,7,9,11,20-21H2,1H3/b17-5-,19-6+. The molecule has 1 saturated heterocycles. The molecular formula is C19H25N5O2. The summed E-state index contributed by atoms with van der Waals surface area (Å²) in [4.78, 5) is 0. The third-order valence-electron chi connectivity index (χ3n) is 4.37. The monoisotopic (exact) mass is 355 g/mol. The second kappa shape index (κ2) is 7.97. The number of nitrogens with two attached hydrogens (primary N) is 2. The molecule has 1 aliphatic heterocycles. The Bertz CT molecular complexity index is 798. The molecule has 7 heteroatoms. The van der Waals surface area contributed by atoms with E-state index >= 15 is 0 Å². The quantitative estimate of drug-likeness (QED) is 0.481. The minimum atomic E-state index is 0.0758. The molecule has 0 aliphatic carbocycles. The van der Waals surface area contributed by atoms with Crippen LogP contribution < -0.4 is 16.8 Å². The summed E-state index contributed by atoms with van der Waals surface area (Å²) in [5.41, 5.74) is 13.7. The molecule has 2 aromatic rings.